The van der Waals surface area contributed by atoms with Gasteiger partial charge < -0.3 is 16.0 Å². The second kappa shape index (κ2) is 10.5. The number of hydrogen-bond acceptors (Lipinski definition) is 5. The third-order valence-corrected chi connectivity index (χ3v) is 8.14. The van der Waals surface area contributed by atoms with Crippen molar-refractivity contribution in [2.45, 2.75) is 80.8 Å². The van der Waals surface area contributed by atoms with Crippen LogP contribution in [0.1, 0.15) is 57.8 Å². The van der Waals surface area contributed by atoms with Gasteiger partial charge in [-0.2, -0.15) is 0 Å². The molecular weight excluding hydrogens is 424 g/mol. The molecule has 1 aliphatic heterocycles. The van der Waals surface area contributed by atoms with Crippen LogP contribution in [0.5, 0.6) is 0 Å². The van der Waals surface area contributed by atoms with Crippen LogP contribution in [0.25, 0.3) is 0 Å². The summed E-state index contributed by atoms with van der Waals surface area (Å²) in [6.07, 6.45) is 11.1. The first-order valence-corrected chi connectivity index (χ1v) is 13.7. The number of anilines is 1. The van der Waals surface area contributed by atoms with Crippen LogP contribution in [0.2, 0.25) is 0 Å². The third kappa shape index (κ3) is 6.01. The fraction of sp³-hybridized carbons (Fsp3) is 0.696. The number of rotatable bonds is 4. The highest BCUT2D eigenvalue weighted by molar-refractivity contribution is 7.89. The van der Waals surface area contributed by atoms with Crippen LogP contribution >= 0.6 is 0 Å². The van der Waals surface area contributed by atoms with Crippen LogP contribution in [-0.4, -0.2) is 68.5 Å². The van der Waals surface area contributed by atoms with Gasteiger partial charge in [0.25, 0.3) is 0 Å². The normalized spacial score (nSPS) is 26.8. The molecule has 1 aromatic rings. The van der Waals surface area contributed by atoms with Gasteiger partial charge in [0, 0.05) is 44.0 Å². The number of hydrogen-bond donors (Lipinski definition) is 3. The average molecular weight is 463 g/mol. The van der Waals surface area contributed by atoms with Crippen molar-refractivity contribution in [3.8, 4) is 0 Å². The molecule has 4 rings (SSSR count). The van der Waals surface area contributed by atoms with Crippen molar-refractivity contribution in [2.75, 3.05) is 31.5 Å². The van der Waals surface area contributed by atoms with E-state index in [-0.39, 0.29) is 17.0 Å². The Morgan fingerprint density at radius 3 is 2.16 bits per heavy atom. The van der Waals surface area contributed by atoms with Crippen LogP contribution in [0.4, 0.5) is 5.69 Å². The number of primary sulfonamides is 1. The van der Waals surface area contributed by atoms with E-state index in [0.29, 0.717) is 0 Å². The van der Waals surface area contributed by atoms with E-state index >= 15 is 0 Å². The quantitative estimate of drug-likeness (QED) is 0.467. The van der Waals surface area contributed by atoms with Gasteiger partial charge in [-0.25, -0.2) is 18.5 Å². The van der Waals surface area contributed by atoms with Crippen LogP contribution in [0.3, 0.4) is 0 Å². The minimum absolute atomic E-state index is 0.0915. The van der Waals surface area contributed by atoms with Gasteiger partial charge in [-0.3, -0.25) is 4.90 Å². The van der Waals surface area contributed by atoms with Crippen molar-refractivity contribution in [1.29, 1.82) is 0 Å². The predicted octanol–water partition coefficient (Wildman–Crippen LogP) is 2.32. The van der Waals surface area contributed by atoms with Crippen molar-refractivity contribution in [2.24, 2.45) is 15.9 Å². The number of nitrogens with two attached hydrogens (primary N) is 2. The molecule has 2 aliphatic carbocycles. The van der Waals surface area contributed by atoms with Gasteiger partial charge in [-0.05, 0) is 49.9 Å². The zero-order valence-electron chi connectivity index (χ0n) is 19.0. The smallest absolute Gasteiger partial charge is 0.238 e. The minimum Gasteiger partial charge on any atom is -0.340 e. The summed E-state index contributed by atoms with van der Waals surface area (Å²) in [7, 11) is -3.71. The number of nitrogens with zero attached hydrogens (tertiary/aromatic N) is 3. The molecule has 3 fully saturated rings. The molecule has 0 aromatic heterocycles. The van der Waals surface area contributed by atoms with E-state index in [2.05, 4.69) is 15.1 Å². The first kappa shape index (κ1) is 23.5. The lowest BCUT2D eigenvalue weighted by Gasteiger charge is -2.42. The summed E-state index contributed by atoms with van der Waals surface area (Å²) in [6.45, 7) is 3.96. The van der Waals surface area contributed by atoms with Crippen molar-refractivity contribution in [3.05, 3.63) is 24.3 Å². The highest BCUT2D eigenvalue weighted by Crippen LogP contribution is 2.25. The zero-order valence-corrected chi connectivity index (χ0v) is 19.8. The minimum atomic E-state index is -3.71. The van der Waals surface area contributed by atoms with Crippen molar-refractivity contribution >= 4 is 21.7 Å². The maximum absolute atomic E-state index is 11.6. The number of guanidine groups is 1. The Balaban J connectivity index is 1.48. The predicted molar refractivity (Wildman–Crippen MR) is 129 cm³/mol. The number of nitrogens with one attached hydrogen (secondary N) is 1. The molecule has 0 unspecified atom stereocenters. The number of piperazine rings is 1. The van der Waals surface area contributed by atoms with E-state index in [9.17, 15) is 8.42 Å². The molecule has 1 saturated heterocycles. The van der Waals surface area contributed by atoms with Gasteiger partial charge >= 0.3 is 0 Å². The molecule has 5 N–H and O–H groups in total. The SMILES string of the molecule is N[C@H]1CCCC[C@@H]1N=C(Nc1ccc(S(N)(=O)=O)cc1)N1CCN(C2CCCCC2)CC1. The van der Waals surface area contributed by atoms with E-state index < -0.39 is 10.0 Å². The molecule has 0 spiro atoms. The molecule has 32 heavy (non-hydrogen) atoms. The molecular formula is C23H38N6O2S. The largest absolute Gasteiger partial charge is 0.340 e. The molecule has 0 amide bonds. The lowest BCUT2D eigenvalue weighted by molar-refractivity contribution is 0.107. The summed E-state index contributed by atoms with van der Waals surface area (Å²) < 4.78 is 23.2. The molecule has 2 saturated carbocycles. The van der Waals surface area contributed by atoms with Crippen molar-refractivity contribution in [3.63, 3.8) is 0 Å². The monoisotopic (exact) mass is 462 g/mol. The first-order chi connectivity index (χ1) is 15.4. The van der Waals surface area contributed by atoms with Gasteiger partial charge in [-0.1, -0.05) is 32.1 Å². The highest BCUT2D eigenvalue weighted by Gasteiger charge is 2.28. The summed E-state index contributed by atoms with van der Waals surface area (Å²) in [6, 6.07) is 7.49. The fourth-order valence-electron chi connectivity index (χ4n) is 5.25. The Bertz CT molecular complexity index is 874. The summed E-state index contributed by atoms with van der Waals surface area (Å²) in [5.74, 6) is 0.846. The lowest BCUT2D eigenvalue weighted by atomic mass is 9.91. The third-order valence-electron chi connectivity index (χ3n) is 7.21. The van der Waals surface area contributed by atoms with E-state index in [0.717, 1.165) is 63.1 Å². The maximum atomic E-state index is 11.6. The van der Waals surface area contributed by atoms with Gasteiger partial charge in [0.1, 0.15) is 0 Å². The molecule has 0 radical (unpaired) electrons. The highest BCUT2D eigenvalue weighted by atomic mass is 32.2. The molecule has 3 aliphatic rings. The van der Waals surface area contributed by atoms with Gasteiger partial charge in [-0.15, -0.1) is 0 Å². The van der Waals surface area contributed by atoms with Crippen LogP contribution in [0, 0.1) is 0 Å². The van der Waals surface area contributed by atoms with Crippen LogP contribution < -0.4 is 16.2 Å². The topological polar surface area (TPSA) is 117 Å². The molecule has 1 heterocycles. The molecule has 9 heteroatoms. The van der Waals surface area contributed by atoms with Gasteiger partial charge in [0.15, 0.2) is 5.96 Å². The molecule has 178 valence electrons. The standard InChI is InChI=1S/C23H38N6O2S/c24-21-8-4-5-9-22(21)27-23(26-18-10-12-20(13-11-18)32(25,30)31)29-16-14-28(15-17-29)19-6-2-1-3-7-19/h10-13,19,21-22H,1-9,14-17,24H2,(H,26,27)(H2,25,30,31)/t21-,22-/m0/s1. The Morgan fingerprint density at radius 1 is 0.906 bits per heavy atom. The van der Waals surface area contributed by atoms with Crippen molar-refractivity contribution in [1.82, 2.24) is 9.80 Å². The number of aliphatic imine (C=N–C) groups is 1. The molecule has 2 atom stereocenters. The number of sulfonamides is 1. The molecule has 8 nitrogen and oxygen atoms in total. The Labute approximate surface area is 192 Å². The first-order valence-electron chi connectivity index (χ1n) is 12.1. The van der Waals surface area contributed by atoms with Crippen LogP contribution in [0.15, 0.2) is 34.2 Å². The second-order valence-corrected chi connectivity index (χ2v) is 11.0. The van der Waals surface area contributed by atoms with Crippen LogP contribution in [-0.2, 0) is 10.0 Å². The average Bonchev–Trinajstić information content (AvgIpc) is 2.80. The Kier molecular flexibility index (Phi) is 7.70. The van der Waals surface area contributed by atoms with E-state index in [4.69, 9.17) is 15.9 Å². The Morgan fingerprint density at radius 2 is 1.53 bits per heavy atom. The summed E-state index contributed by atoms with van der Waals surface area (Å²) >= 11 is 0. The Hall–Kier alpha value is -1.68. The lowest BCUT2D eigenvalue weighted by Crippen LogP contribution is -2.54. The molecule has 0 bridgehead atoms. The summed E-state index contributed by atoms with van der Waals surface area (Å²) in [5.41, 5.74) is 7.20. The fourth-order valence-corrected chi connectivity index (χ4v) is 5.77. The molecule has 1 aromatic carbocycles. The summed E-state index contributed by atoms with van der Waals surface area (Å²) in [5, 5.41) is 8.70. The van der Waals surface area contributed by atoms with Gasteiger partial charge in [0.05, 0.1) is 10.9 Å². The number of benzene rings is 1. The van der Waals surface area contributed by atoms with Crippen molar-refractivity contribution < 1.29 is 8.42 Å². The zero-order chi connectivity index (χ0) is 22.6. The summed E-state index contributed by atoms with van der Waals surface area (Å²) in [4.78, 5) is 10.2. The van der Waals surface area contributed by atoms with Gasteiger partial charge in [0.2, 0.25) is 10.0 Å². The second-order valence-electron chi connectivity index (χ2n) is 9.48. The van der Waals surface area contributed by atoms with E-state index in [1.54, 1.807) is 12.1 Å². The van der Waals surface area contributed by atoms with E-state index in [1.165, 1.54) is 50.7 Å². The maximum Gasteiger partial charge on any atom is 0.238 e. The van der Waals surface area contributed by atoms with E-state index in [1.807, 2.05) is 0 Å².